The molecule has 4 rings (SSSR count). The highest BCUT2D eigenvalue weighted by Crippen LogP contribution is 2.35. The number of aliphatic hydroxyl groups excluding tert-OH is 2. The van der Waals surface area contributed by atoms with Crippen molar-refractivity contribution in [2.75, 3.05) is 44.8 Å². The van der Waals surface area contributed by atoms with Crippen LogP contribution < -0.4 is 0 Å². The molecule has 3 aromatic rings. The second-order valence-corrected chi connectivity index (χ2v) is 15.5. The van der Waals surface area contributed by atoms with Crippen molar-refractivity contribution in [1.29, 1.82) is 5.41 Å². The van der Waals surface area contributed by atoms with E-state index in [2.05, 4.69) is 0 Å². The van der Waals surface area contributed by atoms with Crippen LogP contribution >= 0.6 is 21.6 Å². The van der Waals surface area contributed by atoms with Crippen molar-refractivity contribution in [3.05, 3.63) is 83.4 Å². The number of rotatable bonds is 19. The molecule has 1 saturated heterocycles. The van der Waals surface area contributed by atoms with Crippen LogP contribution in [0.4, 0.5) is 27.2 Å². The number of aliphatic hydroxyl groups is 2. The molecule has 0 saturated carbocycles. The zero-order chi connectivity index (χ0) is 40.0. The Morgan fingerprint density at radius 3 is 2.51 bits per heavy atom. The number of nitrogens with zero attached hydrogens (tertiary/aromatic N) is 2. The first-order valence-corrected chi connectivity index (χ1v) is 20.3. The van der Waals surface area contributed by atoms with Gasteiger partial charge in [-0.1, -0.05) is 89.2 Å². The van der Waals surface area contributed by atoms with Gasteiger partial charge in [-0.25, -0.2) is 14.0 Å². The maximum absolute atomic E-state index is 13.7. The van der Waals surface area contributed by atoms with Gasteiger partial charge in [0.25, 0.3) is 0 Å². The Hall–Kier alpha value is -3.61. The van der Waals surface area contributed by atoms with E-state index >= 15 is 0 Å². The van der Waals surface area contributed by atoms with Gasteiger partial charge in [-0.2, -0.15) is 13.2 Å². The number of aryl methyl sites for hydroxylation is 1. The molecule has 0 spiro atoms. The van der Waals surface area contributed by atoms with E-state index < -0.39 is 60.7 Å². The van der Waals surface area contributed by atoms with E-state index in [1.54, 1.807) is 13.0 Å². The van der Waals surface area contributed by atoms with Crippen LogP contribution in [0.5, 0.6) is 0 Å². The summed E-state index contributed by atoms with van der Waals surface area (Å²) >= 11 is 0. The Kier molecular flexibility index (Phi) is 16.9. The Morgan fingerprint density at radius 2 is 1.78 bits per heavy atom. The van der Waals surface area contributed by atoms with E-state index in [-0.39, 0.29) is 38.7 Å². The van der Waals surface area contributed by atoms with Crippen LogP contribution in [-0.4, -0.2) is 108 Å². The molecule has 1 heterocycles. The molecule has 0 radical (unpaired) electrons. The number of carbonyl (C=O) groups excluding carboxylic acids is 2. The van der Waals surface area contributed by atoms with Gasteiger partial charge in [0, 0.05) is 31.5 Å². The van der Waals surface area contributed by atoms with Crippen molar-refractivity contribution in [1.82, 2.24) is 9.80 Å². The summed E-state index contributed by atoms with van der Waals surface area (Å²) in [5.74, 6) is 0.410. The minimum atomic E-state index is -4.48. The zero-order valence-electron chi connectivity index (χ0n) is 30.6. The third kappa shape index (κ3) is 12.2. The number of nitrogens with one attached hydrogen (secondary N) is 1. The molecule has 3 aromatic carbocycles. The lowest BCUT2D eigenvalue weighted by Gasteiger charge is -2.38. The molecule has 0 bridgehead atoms. The Balaban J connectivity index is 1.30. The molecule has 1 aliphatic heterocycles. The summed E-state index contributed by atoms with van der Waals surface area (Å²) < 4.78 is 75.0. The monoisotopic (exact) mass is 813 g/mol. The molecule has 2 amide bonds. The van der Waals surface area contributed by atoms with E-state index in [1.165, 1.54) is 43.7 Å². The minimum Gasteiger partial charge on any atom is -0.437 e. The fraction of sp³-hybridized carbons (Fsp3) is 0.500. The maximum Gasteiger partial charge on any atom is 0.416 e. The van der Waals surface area contributed by atoms with Crippen molar-refractivity contribution in [2.45, 2.75) is 75.8 Å². The van der Waals surface area contributed by atoms with Crippen LogP contribution in [0.1, 0.15) is 49.8 Å². The van der Waals surface area contributed by atoms with Gasteiger partial charge >= 0.3 is 18.4 Å². The molecule has 1 aliphatic rings. The van der Waals surface area contributed by atoms with Gasteiger partial charge in [0.1, 0.15) is 37.1 Å². The number of halogens is 4. The van der Waals surface area contributed by atoms with Crippen LogP contribution in [0.3, 0.4) is 0 Å². The summed E-state index contributed by atoms with van der Waals surface area (Å²) in [7, 11) is 2.61. The average Bonchev–Trinajstić information content (AvgIpc) is 3.17. The molecule has 17 heteroatoms. The van der Waals surface area contributed by atoms with Crippen LogP contribution in [0.15, 0.2) is 66.7 Å². The lowest BCUT2D eigenvalue weighted by Crippen LogP contribution is -2.51. The summed E-state index contributed by atoms with van der Waals surface area (Å²) in [4.78, 5) is 29.2. The minimum absolute atomic E-state index is 0.0483. The number of benzene rings is 3. The average molecular weight is 814 g/mol. The van der Waals surface area contributed by atoms with Crippen molar-refractivity contribution >= 4 is 50.8 Å². The molecule has 3 N–H and O–H groups in total. The van der Waals surface area contributed by atoms with Gasteiger partial charge in [-0.3, -0.25) is 9.80 Å². The predicted octanol–water partition coefficient (Wildman–Crippen LogP) is 7.76. The van der Waals surface area contributed by atoms with Gasteiger partial charge in [0.15, 0.2) is 0 Å². The van der Waals surface area contributed by atoms with Gasteiger partial charge < -0.3 is 34.6 Å². The number of amides is 2. The quantitative estimate of drug-likeness (QED) is 0.0362. The highest BCUT2D eigenvalue weighted by Gasteiger charge is 2.40. The molecular weight excluding hydrogens is 767 g/mol. The topological polar surface area (TPSA) is 142 Å². The highest BCUT2D eigenvalue weighted by molar-refractivity contribution is 8.76. The molecule has 0 aliphatic carbocycles. The van der Waals surface area contributed by atoms with Gasteiger partial charge in [-0.15, -0.1) is 0 Å². The van der Waals surface area contributed by atoms with Crippen molar-refractivity contribution in [3.8, 4) is 0 Å². The van der Waals surface area contributed by atoms with Crippen molar-refractivity contribution < 1.29 is 56.3 Å². The largest absolute Gasteiger partial charge is 0.437 e. The normalized spacial score (nSPS) is 19.7. The van der Waals surface area contributed by atoms with Crippen LogP contribution in [-0.2, 0) is 37.1 Å². The molecular formula is C38H47F4N3O8S2. The van der Waals surface area contributed by atoms with E-state index in [0.29, 0.717) is 36.3 Å². The molecule has 11 nitrogen and oxygen atoms in total. The molecule has 1 unspecified atom stereocenters. The van der Waals surface area contributed by atoms with Crippen LogP contribution in [0.25, 0.3) is 10.8 Å². The summed E-state index contributed by atoms with van der Waals surface area (Å²) in [6.45, 7) is 3.05. The summed E-state index contributed by atoms with van der Waals surface area (Å²) in [5.41, 5.74) is -0.825. The number of alkyl halides is 4. The molecule has 0 aromatic heterocycles. The number of hydrogen-bond donors (Lipinski definition) is 3. The van der Waals surface area contributed by atoms with E-state index in [9.17, 15) is 37.4 Å². The van der Waals surface area contributed by atoms with E-state index in [1.807, 2.05) is 49.4 Å². The Bertz CT molecular complexity index is 1700. The second-order valence-electron chi connectivity index (χ2n) is 13.0. The molecule has 55 heavy (non-hydrogen) atoms. The molecule has 302 valence electrons. The highest BCUT2D eigenvalue weighted by atomic mass is 33.1. The van der Waals surface area contributed by atoms with Gasteiger partial charge in [0.2, 0.25) is 6.29 Å². The number of hydrogen-bond acceptors (Lipinski definition) is 11. The van der Waals surface area contributed by atoms with Crippen LogP contribution in [0, 0.1) is 5.41 Å². The van der Waals surface area contributed by atoms with Crippen LogP contribution in [0.2, 0.25) is 0 Å². The standard InChI is InChI=1S/C38H47F4N3O8S2/c1-3-16-44(35(48)53-33-21-31(46)34(47)32(22-39)52-33)24-50-18-19-54-55-25-51-36(49)45(17-8-10-26-9-6-13-28(20-26)38(40,41)42)37(2,23-43)30-15-7-12-27-11-4-5-14-29(27)30/h4-7,9,11-15,20,23,31-34,43,46-47H,3,8,10,16-19,21-22,24-25H2,1-2H3/t31-,32-,33+,34+,37?/m1/s1. The zero-order valence-corrected chi connectivity index (χ0v) is 32.2. The fourth-order valence-corrected chi connectivity index (χ4v) is 7.55. The number of ether oxygens (including phenoxy) is 4. The van der Waals surface area contributed by atoms with E-state index in [4.69, 9.17) is 24.4 Å². The first kappa shape index (κ1) is 44.1. The predicted molar refractivity (Wildman–Crippen MR) is 204 cm³/mol. The number of carbonyl (C=O) groups is 2. The summed E-state index contributed by atoms with van der Waals surface area (Å²) in [6.07, 6.45) is -9.07. The summed E-state index contributed by atoms with van der Waals surface area (Å²) in [5, 5.41) is 30.0. The first-order chi connectivity index (χ1) is 26.3. The third-order valence-corrected chi connectivity index (χ3v) is 11.0. The smallest absolute Gasteiger partial charge is 0.416 e. The maximum atomic E-state index is 13.7. The second kappa shape index (κ2) is 21.1. The van der Waals surface area contributed by atoms with Gasteiger partial charge in [-0.05, 0) is 54.2 Å². The fourth-order valence-electron chi connectivity index (χ4n) is 6.12. The van der Waals surface area contributed by atoms with Crippen molar-refractivity contribution in [3.63, 3.8) is 0 Å². The van der Waals surface area contributed by atoms with E-state index in [0.717, 1.165) is 22.9 Å². The SMILES string of the molecule is CCCN(COCCSSCOC(=O)N(CCCc1cccc(C(F)(F)F)c1)C(C)(C=N)c1cccc2ccccc12)C(=O)O[C@H]1C[C@@H](O)[C@H](O)[C@@H](CF)O1. The third-order valence-electron chi connectivity index (χ3n) is 9.04. The molecule has 5 atom stereocenters. The number of fused-ring (bicyclic) bond motifs is 1. The van der Waals surface area contributed by atoms with Crippen molar-refractivity contribution in [2.24, 2.45) is 0 Å². The first-order valence-electron chi connectivity index (χ1n) is 17.8. The Labute approximate surface area is 325 Å². The Morgan fingerprint density at radius 1 is 1.04 bits per heavy atom. The lowest BCUT2D eigenvalue weighted by atomic mass is 9.87. The van der Waals surface area contributed by atoms with Gasteiger partial charge in [0.05, 0.1) is 18.3 Å². The molecule has 1 fully saturated rings. The summed E-state index contributed by atoms with van der Waals surface area (Å²) in [6, 6.07) is 18.3. The lowest BCUT2D eigenvalue weighted by molar-refractivity contribution is -0.237.